The average molecular weight is 507 g/mol. The van der Waals surface area contributed by atoms with E-state index in [1.165, 1.54) is 0 Å². The first-order chi connectivity index (χ1) is 15.3. The molecule has 7 heteroatoms. The molecule has 6 nitrogen and oxygen atoms in total. The van der Waals surface area contributed by atoms with Crippen molar-refractivity contribution in [2.24, 2.45) is 11.8 Å². The summed E-state index contributed by atoms with van der Waals surface area (Å²) in [6, 6.07) is 10.2. The van der Waals surface area contributed by atoms with Crippen molar-refractivity contribution in [1.82, 2.24) is 9.78 Å². The molecule has 1 saturated carbocycles. The van der Waals surface area contributed by atoms with Gasteiger partial charge in [-0.2, -0.15) is 5.10 Å². The summed E-state index contributed by atoms with van der Waals surface area (Å²) in [7, 11) is 0. The van der Waals surface area contributed by atoms with Crippen molar-refractivity contribution in [2.45, 2.75) is 65.5 Å². The monoisotopic (exact) mass is 506 g/mol. The minimum atomic E-state index is -0.472. The molecule has 176 valence electrons. The van der Waals surface area contributed by atoms with Gasteiger partial charge in [0.2, 0.25) is 5.88 Å². The van der Waals surface area contributed by atoms with E-state index in [1.807, 2.05) is 50.6 Å². The quantitative estimate of drug-likeness (QED) is 0.397. The Balaban J connectivity index is 1.52. The second-order valence-corrected chi connectivity index (χ2v) is 10.2. The van der Waals surface area contributed by atoms with Crippen molar-refractivity contribution < 1.29 is 19.0 Å². The Hall–Kier alpha value is -1.86. The summed E-state index contributed by atoms with van der Waals surface area (Å²) < 4.78 is 19.8. The molecule has 0 atom stereocenters. The summed E-state index contributed by atoms with van der Waals surface area (Å²) in [5, 5.41) is 4.88. The number of halogens is 1. The average Bonchev–Trinajstić information content (AvgIpc) is 3.04. The summed E-state index contributed by atoms with van der Waals surface area (Å²) in [4.78, 5) is 11.8. The van der Waals surface area contributed by atoms with E-state index in [2.05, 4.69) is 28.1 Å². The van der Waals surface area contributed by atoms with Crippen molar-refractivity contribution in [3.8, 4) is 17.1 Å². The molecule has 0 aliphatic heterocycles. The Morgan fingerprint density at radius 3 is 2.41 bits per heavy atom. The highest BCUT2D eigenvalue weighted by Crippen LogP contribution is 2.37. The van der Waals surface area contributed by atoms with Crippen molar-refractivity contribution >= 4 is 21.9 Å². The number of benzene rings is 1. The van der Waals surface area contributed by atoms with Gasteiger partial charge in [-0.1, -0.05) is 30.3 Å². The number of ether oxygens (including phenoxy) is 3. The first-order valence-electron chi connectivity index (χ1n) is 11.5. The number of rotatable bonds is 9. The standard InChI is InChI=1S/C25H35BrN2O4/c1-5-31-24-22(26)23(20-9-7-6-8-10-20)27-28(24)15-18-11-13-19(14-12-18)16-30-17-21(29)32-25(2,3)4/h6-10,18-19H,5,11-17H2,1-4H3/t18-,19-. The normalized spacial score (nSPS) is 19.0. The van der Waals surface area contributed by atoms with Crippen LogP contribution in [0.4, 0.5) is 0 Å². The lowest BCUT2D eigenvalue weighted by atomic mass is 9.82. The third kappa shape index (κ3) is 7.07. The maximum atomic E-state index is 11.8. The first kappa shape index (κ1) is 24.8. The molecule has 1 aromatic heterocycles. The molecule has 1 heterocycles. The van der Waals surface area contributed by atoms with Crippen LogP contribution in [0.5, 0.6) is 5.88 Å². The predicted molar refractivity (Wildman–Crippen MR) is 129 cm³/mol. The van der Waals surface area contributed by atoms with E-state index >= 15 is 0 Å². The van der Waals surface area contributed by atoms with Crippen LogP contribution in [0.2, 0.25) is 0 Å². The zero-order valence-corrected chi connectivity index (χ0v) is 21.2. The van der Waals surface area contributed by atoms with E-state index in [1.54, 1.807) is 0 Å². The molecule has 2 aromatic rings. The van der Waals surface area contributed by atoms with Crippen molar-refractivity contribution in [3.05, 3.63) is 34.8 Å². The van der Waals surface area contributed by atoms with Gasteiger partial charge in [-0.15, -0.1) is 0 Å². The summed E-state index contributed by atoms with van der Waals surface area (Å²) in [5.41, 5.74) is 1.52. The highest BCUT2D eigenvalue weighted by molar-refractivity contribution is 9.10. The smallest absolute Gasteiger partial charge is 0.332 e. The highest BCUT2D eigenvalue weighted by atomic mass is 79.9. The number of esters is 1. The van der Waals surface area contributed by atoms with Crippen LogP contribution in [0.1, 0.15) is 53.4 Å². The fourth-order valence-electron chi connectivity index (χ4n) is 4.11. The molecule has 0 spiro atoms. The van der Waals surface area contributed by atoms with Gasteiger partial charge in [0, 0.05) is 12.1 Å². The minimum absolute atomic E-state index is 0.0263. The molecule has 32 heavy (non-hydrogen) atoms. The number of carbonyl (C=O) groups excluding carboxylic acids is 1. The lowest BCUT2D eigenvalue weighted by molar-refractivity contribution is -0.160. The van der Waals surface area contributed by atoms with Gasteiger partial charge in [0.25, 0.3) is 0 Å². The van der Waals surface area contributed by atoms with Crippen LogP contribution in [0.15, 0.2) is 34.8 Å². The molecule has 0 radical (unpaired) electrons. The number of hydrogen-bond acceptors (Lipinski definition) is 5. The molecular formula is C25H35BrN2O4. The van der Waals surface area contributed by atoms with Gasteiger partial charge in [-0.3, -0.25) is 0 Å². The number of carbonyl (C=O) groups is 1. The van der Waals surface area contributed by atoms with Crippen molar-refractivity contribution in [2.75, 3.05) is 19.8 Å². The van der Waals surface area contributed by atoms with Crippen LogP contribution in [0.3, 0.4) is 0 Å². The van der Waals surface area contributed by atoms with Crippen LogP contribution in [-0.4, -0.2) is 41.2 Å². The Labute approximate surface area is 199 Å². The van der Waals surface area contributed by atoms with E-state index in [4.69, 9.17) is 19.3 Å². The minimum Gasteiger partial charge on any atom is -0.477 e. The van der Waals surface area contributed by atoms with Crippen molar-refractivity contribution in [1.29, 1.82) is 0 Å². The van der Waals surface area contributed by atoms with E-state index < -0.39 is 5.60 Å². The molecule has 3 rings (SSSR count). The second-order valence-electron chi connectivity index (χ2n) is 9.44. The van der Waals surface area contributed by atoms with Gasteiger partial charge < -0.3 is 14.2 Å². The van der Waals surface area contributed by atoms with Gasteiger partial charge >= 0.3 is 5.97 Å². The Kier molecular flexibility index (Phi) is 8.77. The SMILES string of the molecule is CCOc1c(Br)c(-c2ccccc2)nn1C[C@H]1CC[C@H](COCC(=O)OC(C)(C)C)CC1. The molecule has 1 aliphatic rings. The summed E-state index contributed by atoms with van der Waals surface area (Å²) in [6.45, 7) is 9.67. The third-order valence-electron chi connectivity index (χ3n) is 5.57. The lowest BCUT2D eigenvalue weighted by Crippen LogP contribution is -2.28. The van der Waals surface area contributed by atoms with Gasteiger partial charge in [0.15, 0.2) is 0 Å². The highest BCUT2D eigenvalue weighted by Gasteiger charge is 2.26. The van der Waals surface area contributed by atoms with E-state index in [9.17, 15) is 4.79 Å². The van der Waals surface area contributed by atoms with Crippen LogP contribution in [-0.2, 0) is 20.8 Å². The largest absolute Gasteiger partial charge is 0.477 e. The van der Waals surface area contributed by atoms with Crippen molar-refractivity contribution in [3.63, 3.8) is 0 Å². The maximum Gasteiger partial charge on any atom is 0.332 e. The zero-order chi connectivity index (χ0) is 23.1. The molecule has 1 aliphatic carbocycles. The van der Waals surface area contributed by atoms with Crippen LogP contribution in [0, 0.1) is 11.8 Å². The fourth-order valence-corrected chi connectivity index (χ4v) is 4.74. The zero-order valence-electron chi connectivity index (χ0n) is 19.6. The van der Waals surface area contributed by atoms with Gasteiger partial charge in [0.1, 0.15) is 22.4 Å². The fraction of sp³-hybridized carbons (Fsp3) is 0.600. The van der Waals surface area contributed by atoms with Gasteiger partial charge in [0.05, 0.1) is 13.2 Å². The van der Waals surface area contributed by atoms with E-state index in [-0.39, 0.29) is 12.6 Å². The van der Waals surface area contributed by atoms with E-state index in [0.717, 1.165) is 53.8 Å². The molecule has 0 amide bonds. The van der Waals surface area contributed by atoms with Crippen LogP contribution in [0.25, 0.3) is 11.3 Å². The molecule has 0 unspecified atom stereocenters. The molecule has 0 N–H and O–H groups in total. The van der Waals surface area contributed by atoms with E-state index in [0.29, 0.717) is 25.0 Å². The topological polar surface area (TPSA) is 62.6 Å². The molecule has 1 aromatic carbocycles. The maximum absolute atomic E-state index is 11.8. The Morgan fingerprint density at radius 2 is 1.78 bits per heavy atom. The lowest BCUT2D eigenvalue weighted by Gasteiger charge is -2.28. The van der Waals surface area contributed by atoms with Crippen LogP contribution < -0.4 is 4.74 Å². The molecule has 0 saturated heterocycles. The summed E-state index contributed by atoms with van der Waals surface area (Å²) >= 11 is 3.71. The molecule has 0 bridgehead atoms. The number of aromatic nitrogens is 2. The van der Waals surface area contributed by atoms with Gasteiger partial charge in [-0.05, 0) is 81.1 Å². The number of nitrogens with zero attached hydrogens (tertiary/aromatic N) is 2. The first-order valence-corrected chi connectivity index (χ1v) is 12.3. The Morgan fingerprint density at radius 1 is 1.12 bits per heavy atom. The Bertz CT molecular complexity index is 868. The molecular weight excluding hydrogens is 472 g/mol. The summed E-state index contributed by atoms with van der Waals surface area (Å²) in [5.74, 6) is 1.54. The summed E-state index contributed by atoms with van der Waals surface area (Å²) in [6.07, 6.45) is 4.42. The number of hydrogen-bond donors (Lipinski definition) is 0. The predicted octanol–water partition coefficient (Wildman–Crippen LogP) is 5.88. The van der Waals surface area contributed by atoms with Gasteiger partial charge in [-0.25, -0.2) is 9.48 Å². The molecule has 1 fully saturated rings. The van der Waals surface area contributed by atoms with Crippen LogP contribution >= 0.6 is 15.9 Å². The second kappa shape index (κ2) is 11.3. The third-order valence-corrected chi connectivity index (χ3v) is 6.28.